The van der Waals surface area contributed by atoms with E-state index in [1.54, 1.807) is 6.26 Å². The van der Waals surface area contributed by atoms with E-state index in [0.717, 1.165) is 28.3 Å². The maximum Gasteiger partial charge on any atom is 0.245 e. The molecule has 0 saturated carbocycles. The number of carbonyl (C=O) groups is 1. The van der Waals surface area contributed by atoms with Gasteiger partial charge >= 0.3 is 0 Å². The zero-order valence-corrected chi connectivity index (χ0v) is 14.7. The Balaban J connectivity index is 1.27. The molecule has 0 bridgehead atoms. The van der Waals surface area contributed by atoms with E-state index in [1.165, 1.54) is 0 Å². The van der Waals surface area contributed by atoms with Crippen LogP contribution in [-0.4, -0.2) is 23.2 Å². The fourth-order valence-corrected chi connectivity index (χ4v) is 2.86. The molecule has 1 aromatic heterocycles. The monoisotopic (exact) mass is 361 g/mol. The van der Waals surface area contributed by atoms with Gasteiger partial charge in [-0.25, -0.2) is 10.4 Å². The van der Waals surface area contributed by atoms with Gasteiger partial charge in [0.05, 0.1) is 24.4 Å². The lowest BCUT2D eigenvalue weighted by molar-refractivity contribution is -0.119. The number of benzene rings is 2. The van der Waals surface area contributed by atoms with Crippen LogP contribution in [0, 0.1) is 0 Å². The van der Waals surface area contributed by atoms with Crippen LogP contribution in [0.5, 0.6) is 5.75 Å². The second-order valence-corrected chi connectivity index (χ2v) is 6.32. The maximum absolute atomic E-state index is 11.2. The topological polar surface area (TPSA) is 76.7 Å². The molecule has 0 saturated heterocycles. The highest BCUT2D eigenvalue weighted by Gasteiger charge is 2.14. The second-order valence-electron chi connectivity index (χ2n) is 6.32. The number of hydrogen-bond donors (Lipinski definition) is 1. The molecular formula is C21H19N3O3. The lowest BCUT2D eigenvalue weighted by atomic mass is 10.1. The third-order valence-corrected chi connectivity index (χ3v) is 4.23. The van der Waals surface area contributed by atoms with Crippen molar-refractivity contribution < 1.29 is 13.9 Å². The average Bonchev–Trinajstić information content (AvgIpc) is 3.33. The molecule has 6 heteroatoms. The Morgan fingerprint density at radius 2 is 1.89 bits per heavy atom. The number of nitrogens with one attached hydrogen (secondary N) is 1. The number of nitrogens with zero attached hydrogens (tertiary/aromatic N) is 2. The zero-order chi connectivity index (χ0) is 18.5. The summed E-state index contributed by atoms with van der Waals surface area (Å²) in [5, 5.41) is 4.01. The van der Waals surface area contributed by atoms with E-state index in [1.807, 2.05) is 54.6 Å². The summed E-state index contributed by atoms with van der Waals surface area (Å²) < 4.78 is 11.3. The van der Waals surface area contributed by atoms with Gasteiger partial charge in [-0.05, 0) is 29.8 Å². The first-order valence-electron chi connectivity index (χ1n) is 8.82. The normalized spacial score (nSPS) is 13.3. The SMILES string of the molecule is O=C1CC(Cc2ccc(OCCc3coc(-c4ccccc4)n3)cc2)=NN1. The zero-order valence-electron chi connectivity index (χ0n) is 14.7. The minimum atomic E-state index is -0.0479. The molecule has 2 heterocycles. The number of aromatic nitrogens is 1. The Bertz CT molecular complexity index is 946. The Hall–Kier alpha value is -3.41. The predicted molar refractivity (Wildman–Crippen MR) is 101 cm³/mol. The molecule has 3 aromatic rings. The molecule has 27 heavy (non-hydrogen) atoms. The molecule has 4 rings (SSSR count). The highest BCUT2D eigenvalue weighted by Crippen LogP contribution is 2.19. The standard InChI is InChI=1S/C21H19N3O3/c25-20-13-18(23-24-20)12-15-6-8-19(9-7-15)26-11-10-17-14-27-21(22-17)16-4-2-1-3-5-16/h1-9,14H,10-13H2,(H,24,25). The van der Waals surface area contributed by atoms with E-state index in [2.05, 4.69) is 15.5 Å². The van der Waals surface area contributed by atoms with Crippen LogP contribution < -0.4 is 10.2 Å². The summed E-state index contributed by atoms with van der Waals surface area (Å²) in [4.78, 5) is 15.7. The smallest absolute Gasteiger partial charge is 0.245 e. The minimum Gasteiger partial charge on any atom is -0.493 e. The van der Waals surface area contributed by atoms with Crippen LogP contribution in [0.25, 0.3) is 11.5 Å². The van der Waals surface area contributed by atoms with Crippen molar-refractivity contribution in [1.82, 2.24) is 10.4 Å². The summed E-state index contributed by atoms with van der Waals surface area (Å²) in [5.74, 6) is 1.37. The van der Waals surface area contributed by atoms with Gasteiger partial charge in [-0.1, -0.05) is 30.3 Å². The number of ether oxygens (including phenoxy) is 1. The molecule has 1 aliphatic rings. The van der Waals surface area contributed by atoms with Crippen molar-refractivity contribution in [2.45, 2.75) is 19.3 Å². The van der Waals surface area contributed by atoms with Crippen LogP contribution in [-0.2, 0) is 17.6 Å². The fraction of sp³-hybridized carbons (Fsp3) is 0.190. The quantitative estimate of drug-likeness (QED) is 0.700. The molecule has 1 aliphatic heterocycles. The van der Waals surface area contributed by atoms with Crippen molar-refractivity contribution in [3.8, 4) is 17.2 Å². The molecule has 0 spiro atoms. The van der Waals surface area contributed by atoms with Gasteiger partial charge in [0, 0.05) is 18.4 Å². The Morgan fingerprint density at radius 3 is 2.63 bits per heavy atom. The number of oxazole rings is 1. The van der Waals surface area contributed by atoms with E-state index >= 15 is 0 Å². The lowest BCUT2D eigenvalue weighted by Crippen LogP contribution is -2.09. The number of amides is 1. The van der Waals surface area contributed by atoms with E-state index in [-0.39, 0.29) is 5.91 Å². The molecule has 1 N–H and O–H groups in total. The lowest BCUT2D eigenvalue weighted by Gasteiger charge is -2.06. The summed E-state index contributed by atoms with van der Waals surface area (Å²) in [7, 11) is 0. The maximum atomic E-state index is 11.2. The molecule has 136 valence electrons. The molecule has 0 unspecified atom stereocenters. The number of hydrogen-bond acceptors (Lipinski definition) is 5. The largest absolute Gasteiger partial charge is 0.493 e. The Labute approximate surface area is 156 Å². The first-order chi connectivity index (χ1) is 13.3. The molecule has 0 atom stereocenters. The van der Waals surface area contributed by atoms with Crippen molar-refractivity contribution in [2.24, 2.45) is 5.10 Å². The fourth-order valence-electron chi connectivity index (χ4n) is 2.86. The minimum absolute atomic E-state index is 0.0479. The Kier molecular flexibility index (Phi) is 4.96. The highest BCUT2D eigenvalue weighted by atomic mass is 16.5. The van der Waals surface area contributed by atoms with Crippen LogP contribution in [0.15, 0.2) is 70.4 Å². The van der Waals surface area contributed by atoms with Crippen LogP contribution in [0.1, 0.15) is 17.7 Å². The van der Waals surface area contributed by atoms with Gasteiger partial charge in [0.15, 0.2) is 0 Å². The van der Waals surface area contributed by atoms with Gasteiger partial charge in [-0.2, -0.15) is 5.10 Å². The molecule has 6 nitrogen and oxygen atoms in total. The van der Waals surface area contributed by atoms with E-state index in [0.29, 0.717) is 31.8 Å². The average molecular weight is 361 g/mol. The van der Waals surface area contributed by atoms with E-state index in [4.69, 9.17) is 9.15 Å². The molecule has 2 aromatic carbocycles. The van der Waals surface area contributed by atoms with E-state index in [9.17, 15) is 4.79 Å². The third-order valence-electron chi connectivity index (χ3n) is 4.23. The van der Waals surface area contributed by atoms with Gasteiger partial charge in [0.2, 0.25) is 11.8 Å². The highest BCUT2D eigenvalue weighted by molar-refractivity contribution is 6.05. The third kappa shape index (κ3) is 4.41. The van der Waals surface area contributed by atoms with Crippen molar-refractivity contribution in [1.29, 1.82) is 0 Å². The first kappa shape index (κ1) is 17.0. The summed E-state index contributed by atoms with van der Waals surface area (Å²) in [5.41, 5.74) is 6.25. The Morgan fingerprint density at radius 1 is 1.07 bits per heavy atom. The number of hydrazone groups is 1. The van der Waals surface area contributed by atoms with Crippen molar-refractivity contribution >= 4 is 11.6 Å². The van der Waals surface area contributed by atoms with Crippen LogP contribution in [0.4, 0.5) is 0 Å². The molecule has 0 radical (unpaired) electrons. The van der Waals surface area contributed by atoms with Crippen molar-refractivity contribution in [3.05, 3.63) is 72.1 Å². The van der Waals surface area contributed by atoms with Gasteiger partial charge in [0.25, 0.3) is 0 Å². The van der Waals surface area contributed by atoms with Crippen LogP contribution >= 0.6 is 0 Å². The molecule has 0 aliphatic carbocycles. The summed E-state index contributed by atoms with van der Waals surface area (Å²) in [6, 6.07) is 17.7. The predicted octanol–water partition coefficient (Wildman–Crippen LogP) is 3.38. The molecule has 0 fully saturated rings. The van der Waals surface area contributed by atoms with E-state index < -0.39 is 0 Å². The van der Waals surface area contributed by atoms with Gasteiger partial charge in [-0.3, -0.25) is 4.79 Å². The summed E-state index contributed by atoms with van der Waals surface area (Å²) >= 11 is 0. The second kappa shape index (κ2) is 7.86. The molecule has 1 amide bonds. The van der Waals surface area contributed by atoms with Gasteiger partial charge in [-0.15, -0.1) is 0 Å². The van der Waals surface area contributed by atoms with Crippen LogP contribution in [0.3, 0.4) is 0 Å². The number of rotatable bonds is 7. The summed E-state index contributed by atoms with van der Waals surface area (Å²) in [6.07, 6.45) is 3.39. The van der Waals surface area contributed by atoms with Gasteiger partial charge in [0.1, 0.15) is 12.0 Å². The van der Waals surface area contributed by atoms with Crippen LogP contribution in [0.2, 0.25) is 0 Å². The van der Waals surface area contributed by atoms with Crippen molar-refractivity contribution in [2.75, 3.05) is 6.61 Å². The molecular weight excluding hydrogens is 342 g/mol. The van der Waals surface area contributed by atoms with Gasteiger partial charge < -0.3 is 9.15 Å². The van der Waals surface area contributed by atoms with Crippen molar-refractivity contribution in [3.63, 3.8) is 0 Å². The summed E-state index contributed by atoms with van der Waals surface area (Å²) in [6.45, 7) is 0.519. The first-order valence-corrected chi connectivity index (χ1v) is 8.82. The number of carbonyl (C=O) groups excluding carboxylic acids is 1.